The Morgan fingerprint density at radius 2 is 2.15 bits per heavy atom. The number of carbonyl (C=O) groups is 2. The summed E-state index contributed by atoms with van der Waals surface area (Å²) in [5.41, 5.74) is 12.3. The van der Waals surface area contributed by atoms with Crippen molar-refractivity contribution in [2.24, 2.45) is 5.73 Å². The Labute approximate surface area is 115 Å². The lowest BCUT2D eigenvalue weighted by molar-refractivity contribution is 0.0527. The highest BCUT2D eigenvalue weighted by atomic mass is 16.5. The summed E-state index contributed by atoms with van der Waals surface area (Å²) in [5, 5.41) is 4.01. The summed E-state index contributed by atoms with van der Waals surface area (Å²) in [6.07, 6.45) is 2.82. The van der Waals surface area contributed by atoms with Crippen LogP contribution in [-0.2, 0) is 4.74 Å². The SMILES string of the molecule is CCOC(=O)c1cc(-n2cc(C(N)=O)cn2)ccc1N. The van der Waals surface area contributed by atoms with E-state index in [0.717, 1.165) is 0 Å². The molecule has 2 aromatic rings. The summed E-state index contributed by atoms with van der Waals surface area (Å²) in [5.74, 6) is -1.08. The fraction of sp³-hybridized carbons (Fsp3) is 0.154. The second-order valence-electron chi connectivity index (χ2n) is 4.03. The molecule has 1 aromatic heterocycles. The van der Waals surface area contributed by atoms with Gasteiger partial charge in [-0.25, -0.2) is 9.48 Å². The van der Waals surface area contributed by atoms with Crippen LogP contribution in [0.4, 0.5) is 5.69 Å². The second-order valence-corrected chi connectivity index (χ2v) is 4.03. The monoisotopic (exact) mass is 274 g/mol. The maximum Gasteiger partial charge on any atom is 0.340 e. The topological polar surface area (TPSA) is 113 Å². The number of hydrogen-bond acceptors (Lipinski definition) is 5. The van der Waals surface area contributed by atoms with Gasteiger partial charge in [-0.2, -0.15) is 5.10 Å². The van der Waals surface area contributed by atoms with Gasteiger partial charge in [0.05, 0.1) is 29.6 Å². The third-order valence-corrected chi connectivity index (χ3v) is 2.66. The number of rotatable bonds is 4. The maximum atomic E-state index is 11.8. The van der Waals surface area contributed by atoms with Crippen molar-refractivity contribution >= 4 is 17.6 Å². The van der Waals surface area contributed by atoms with E-state index in [1.54, 1.807) is 25.1 Å². The fourth-order valence-electron chi connectivity index (χ4n) is 1.66. The van der Waals surface area contributed by atoms with Crippen LogP contribution < -0.4 is 11.5 Å². The fourth-order valence-corrected chi connectivity index (χ4v) is 1.66. The molecule has 0 aliphatic rings. The van der Waals surface area contributed by atoms with E-state index in [4.69, 9.17) is 16.2 Å². The summed E-state index contributed by atoms with van der Waals surface area (Å²) in [6.45, 7) is 1.97. The van der Waals surface area contributed by atoms with Crippen LogP contribution >= 0.6 is 0 Å². The summed E-state index contributed by atoms with van der Waals surface area (Å²) < 4.78 is 6.35. The van der Waals surface area contributed by atoms with E-state index < -0.39 is 11.9 Å². The molecule has 0 fully saturated rings. The van der Waals surface area contributed by atoms with Crippen LogP contribution in [0.25, 0.3) is 5.69 Å². The van der Waals surface area contributed by atoms with Crippen LogP contribution in [0.15, 0.2) is 30.6 Å². The molecular weight excluding hydrogens is 260 g/mol. The molecule has 0 aliphatic carbocycles. The standard InChI is InChI=1S/C13H14N4O3/c1-2-20-13(19)10-5-9(3-4-11(10)14)17-7-8(6-16-17)12(15)18/h3-7H,2,14H2,1H3,(H2,15,18). The Bertz CT molecular complexity index is 663. The minimum Gasteiger partial charge on any atom is -0.462 e. The first-order valence-electron chi connectivity index (χ1n) is 5.94. The molecule has 104 valence electrons. The predicted molar refractivity (Wildman–Crippen MR) is 72.5 cm³/mol. The minimum atomic E-state index is -0.572. The van der Waals surface area contributed by atoms with E-state index in [1.807, 2.05) is 0 Å². The molecule has 1 heterocycles. The van der Waals surface area contributed by atoms with Gasteiger partial charge in [-0.1, -0.05) is 0 Å². The van der Waals surface area contributed by atoms with E-state index in [2.05, 4.69) is 5.10 Å². The van der Waals surface area contributed by atoms with E-state index in [-0.39, 0.29) is 17.7 Å². The largest absolute Gasteiger partial charge is 0.462 e. The molecule has 20 heavy (non-hydrogen) atoms. The number of aromatic nitrogens is 2. The Kier molecular flexibility index (Phi) is 3.69. The quantitative estimate of drug-likeness (QED) is 0.630. The molecule has 0 spiro atoms. The van der Waals surface area contributed by atoms with Crippen LogP contribution in [0.5, 0.6) is 0 Å². The molecule has 7 nitrogen and oxygen atoms in total. The number of benzene rings is 1. The molecule has 0 saturated carbocycles. The van der Waals surface area contributed by atoms with E-state index >= 15 is 0 Å². The lowest BCUT2D eigenvalue weighted by Crippen LogP contribution is -2.10. The second kappa shape index (κ2) is 5.43. The lowest BCUT2D eigenvalue weighted by atomic mass is 10.1. The molecule has 2 rings (SSSR count). The average Bonchev–Trinajstić information content (AvgIpc) is 2.89. The number of carbonyl (C=O) groups excluding carboxylic acids is 2. The average molecular weight is 274 g/mol. The maximum absolute atomic E-state index is 11.8. The molecule has 0 radical (unpaired) electrons. The van der Waals surface area contributed by atoms with Crippen LogP contribution in [0.2, 0.25) is 0 Å². The zero-order valence-electron chi connectivity index (χ0n) is 10.9. The van der Waals surface area contributed by atoms with Crippen molar-refractivity contribution in [1.82, 2.24) is 9.78 Å². The first-order chi connectivity index (χ1) is 9.52. The van der Waals surface area contributed by atoms with Crippen LogP contribution in [0, 0.1) is 0 Å². The number of anilines is 1. The van der Waals surface area contributed by atoms with E-state index in [1.165, 1.54) is 17.1 Å². The smallest absolute Gasteiger partial charge is 0.340 e. The van der Waals surface area contributed by atoms with E-state index in [9.17, 15) is 9.59 Å². The molecule has 0 unspecified atom stereocenters. The number of nitrogens with zero attached hydrogens (tertiary/aromatic N) is 2. The van der Waals surface area contributed by atoms with Gasteiger partial charge in [0.15, 0.2) is 0 Å². The highest BCUT2D eigenvalue weighted by molar-refractivity contribution is 5.96. The molecule has 1 amide bonds. The van der Waals surface area contributed by atoms with Crippen molar-refractivity contribution in [3.05, 3.63) is 41.7 Å². The lowest BCUT2D eigenvalue weighted by Gasteiger charge is -2.08. The van der Waals surface area contributed by atoms with Gasteiger partial charge in [0.25, 0.3) is 5.91 Å². The highest BCUT2D eigenvalue weighted by Gasteiger charge is 2.13. The van der Waals surface area contributed by atoms with E-state index in [0.29, 0.717) is 11.4 Å². The summed E-state index contributed by atoms with van der Waals surface area (Å²) in [7, 11) is 0. The number of hydrogen-bond donors (Lipinski definition) is 2. The third kappa shape index (κ3) is 2.61. The van der Waals surface area contributed by atoms with Crippen molar-refractivity contribution in [1.29, 1.82) is 0 Å². The van der Waals surface area contributed by atoms with Crippen LogP contribution in [0.3, 0.4) is 0 Å². The van der Waals surface area contributed by atoms with Crippen LogP contribution in [-0.4, -0.2) is 28.3 Å². The van der Waals surface area contributed by atoms with Gasteiger partial charge in [0.2, 0.25) is 0 Å². The number of esters is 1. The first-order valence-corrected chi connectivity index (χ1v) is 5.94. The Morgan fingerprint density at radius 3 is 2.75 bits per heavy atom. The third-order valence-electron chi connectivity index (χ3n) is 2.66. The van der Waals surface area contributed by atoms with Gasteiger partial charge in [0, 0.05) is 11.9 Å². The summed E-state index contributed by atoms with van der Waals surface area (Å²) >= 11 is 0. The Morgan fingerprint density at radius 1 is 1.40 bits per heavy atom. The Balaban J connectivity index is 2.39. The van der Waals surface area contributed by atoms with Crippen LogP contribution in [0.1, 0.15) is 27.6 Å². The Hall–Kier alpha value is -2.83. The minimum absolute atomic E-state index is 0.250. The van der Waals surface area contributed by atoms with Crippen molar-refractivity contribution in [3.63, 3.8) is 0 Å². The number of nitrogens with two attached hydrogens (primary N) is 2. The molecule has 4 N–H and O–H groups in total. The zero-order chi connectivity index (χ0) is 14.7. The normalized spacial score (nSPS) is 10.2. The molecule has 0 bridgehead atoms. The molecule has 1 aromatic carbocycles. The number of primary amides is 1. The number of amides is 1. The van der Waals surface area contributed by atoms with Gasteiger partial charge in [-0.3, -0.25) is 4.79 Å². The van der Waals surface area contributed by atoms with Gasteiger partial charge < -0.3 is 16.2 Å². The van der Waals surface area contributed by atoms with Gasteiger partial charge in [-0.05, 0) is 25.1 Å². The first kappa shape index (κ1) is 13.6. The van der Waals surface area contributed by atoms with Crippen molar-refractivity contribution in [3.8, 4) is 5.69 Å². The van der Waals surface area contributed by atoms with Crippen molar-refractivity contribution in [2.75, 3.05) is 12.3 Å². The summed E-state index contributed by atoms with van der Waals surface area (Å²) in [4.78, 5) is 22.8. The van der Waals surface area contributed by atoms with Crippen molar-refractivity contribution in [2.45, 2.75) is 6.92 Å². The van der Waals surface area contributed by atoms with Gasteiger partial charge >= 0.3 is 5.97 Å². The van der Waals surface area contributed by atoms with Crippen molar-refractivity contribution < 1.29 is 14.3 Å². The zero-order valence-corrected chi connectivity index (χ0v) is 10.9. The molecule has 0 aliphatic heterocycles. The number of nitrogen functional groups attached to an aromatic ring is 1. The predicted octanol–water partition coefficient (Wildman–Crippen LogP) is 0.730. The molecular formula is C13H14N4O3. The molecule has 0 saturated heterocycles. The van der Waals surface area contributed by atoms with Gasteiger partial charge in [0.1, 0.15) is 0 Å². The van der Waals surface area contributed by atoms with Gasteiger partial charge in [-0.15, -0.1) is 0 Å². The number of ether oxygens (including phenoxy) is 1. The molecule has 0 atom stereocenters. The molecule has 7 heteroatoms. The highest BCUT2D eigenvalue weighted by Crippen LogP contribution is 2.18. The summed E-state index contributed by atoms with van der Waals surface area (Å²) in [6, 6.07) is 4.80.